The number of rotatable bonds is 5. The molecule has 0 aliphatic rings. The van der Waals surface area contributed by atoms with Gasteiger partial charge < -0.3 is 13.9 Å². The summed E-state index contributed by atoms with van der Waals surface area (Å²) >= 11 is 13.8. The molecule has 1 N–H and O–H groups in total. The number of carbonyl (C=O) groups excluding carboxylic acids is 1. The van der Waals surface area contributed by atoms with Gasteiger partial charge in [0.15, 0.2) is 5.58 Å². The van der Waals surface area contributed by atoms with Gasteiger partial charge in [-0.05, 0) is 43.3 Å². The summed E-state index contributed by atoms with van der Waals surface area (Å²) in [7, 11) is 2.93. The van der Waals surface area contributed by atoms with Crippen molar-refractivity contribution in [3.63, 3.8) is 0 Å². The monoisotopic (exact) mass is 489 g/mol. The van der Waals surface area contributed by atoms with Crippen LogP contribution >= 0.6 is 34.5 Å². The second kappa shape index (κ2) is 9.20. The predicted octanol–water partition coefficient (Wildman–Crippen LogP) is 5.89. The summed E-state index contributed by atoms with van der Waals surface area (Å²) < 4.78 is 16.1. The van der Waals surface area contributed by atoms with Gasteiger partial charge in [0.1, 0.15) is 16.4 Å². The fourth-order valence-corrected chi connectivity index (χ4v) is 4.38. The number of esters is 1. The second-order valence-electron chi connectivity index (χ2n) is 6.64. The summed E-state index contributed by atoms with van der Waals surface area (Å²) in [5, 5.41) is 6.89. The molecule has 0 fully saturated rings. The van der Waals surface area contributed by atoms with Crippen molar-refractivity contribution in [3.05, 3.63) is 68.4 Å². The van der Waals surface area contributed by atoms with E-state index >= 15 is 0 Å². The van der Waals surface area contributed by atoms with Crippen molar-refractivity contribution >= 4 is 56.6 Å². The quantitative estimate of drug-likeness (QED) is 0.277. The molecule has 10 heteroatoms. The Kier molecular flexibility index (Phi) is 6.36. The van der Waals surface area contributed by atoms with Gasteiger partial charge in [0.05, 0.1) is 30.3 Å². The van der Waals surface area contributed by atoms with Gasteiger partial charge >= 0.3 is 5.97 Å². The van der Waals surface area contributed by atoms with Crippen molar-refractivity contribution < 1.29 is 18.7 Å². The van der Waals surface area contributed by atoms with Gasteiger partial charge in [-0.1, -0.05) is 34.5 Å². The van der Waals surface area contributed by atoms with Crippen molar-refractivity contribution in [1.82, 2.24) is 4.98 Å². The Labute approximate surface area is 197 Å². The molecule has 0 radical (unpaired) electrons. The largest absolute Gasteiger partial charge is 0.497 e. The molecule has 32 heavy (non-hydrogen) atoms. The van der Waals surface area contributed by atoms with Gasteiger partial charge in [-0.3, -0.25) is 5.43 Å². The van der Waals surface area contributed by atoms with Crippen molar-refractivity contribution in [3.8, 4) is 17.1 Å². The third-order valence-corrected chi connectivity index (χ3v) is 6.12. The van der Waals surface area contributed by atoms with Crippen LogP contribution in [0.25, 0.3) is 22.3 Å². The third kappa shape index (κ3) is 4.43. The lowest BCUT2D eigenvalue weighted by Crippen LogP contribution is -2.07. The Morgan fingerprint density at radius 3 is 2.59 bits per heavy atom. The van der Waals surface area contributed by atoms with Gasteiger partial charge in [-0.15, -0.1) is 0 Å². The first-order valence-electron chi connectivity index (χ1n) is 9.32. The van der Waals surface area contributed by atoms with Gasteiger partial charge in [0, 0.05) is 22.0 Å². The lowest BCUT2D eigenvalue weighted by molar-refractivity contribution is 0.0605. The number of methoxy groups -OCH3 is 2. The van der Waals surface area contributed by atoms with E-state index in [2.05, 4.69) is 15.5 Å². The van der Waals surface area contributed by atoms with E-state index in [1.165, 1.54) is 7.11 Å². The number of halogens is 2. The summed E-state index contributed by atoms with van der Waals surface area (Å²) in [6.07, 6.45) is 0. The molecule has 7 nitrogen and oxygen atoms in total. The lowest BCUT2D eigenvalue weighted by atomic mass is 10.1. The number of thiazole rings is 1. The normalized spacial score (nSPS) is 11.6. The molecule has 0 aliphatic carbocycles. The minimum atomic E-state index is -0.447. The molecule has 0 spiro atoms. The number of hydrogen-bond acceptors (Lipinski definition) is 8. The molecular weight excluding hydrogens is 473 g/mol. The van der Waals surface area contributed by atoms with Crippen LogP contribution in [0.1, 0.15) is 15.4 Å². The molecule has 0 saturated carbocycles. The van der Waals surface area contributed by atoms with Gasteiger partial charge in [0.2, 0.25) is 5.13 Å². The van der Waals surface area contributed by atoms with Crippen molar-refractivity contribution in [2.45, 2.75) is 6.92 Å². The standard InChI is InChI=1S/C22H17Cl2N3O4S/c1-11-20(21(28)30-3)32-22(25-11)27-26-17-10-18(12-4-6-14(29-2)7-5-12)31-19-15(17)8-13(23)9-16(19)24/h4-10H,1-3H3,(H,25,27)/b26-17+. The first kappa shape index (κ1) is 22.1. The number of benzene rings is 2. The maximum Gasteiger partial charge on any atom is 0.350 e. The molecule has 4 rings (SSSR count). The zero-order valence-corrected chi connectivity index (χ0v) is 19.6. The average Bonchev–Trinajstić information content (AvgIpc) is 3.17. The number of nitrogens with zero attached hydrogens (tertiary/aromatic N) is 2. The molecule has 0 saturated heterocycles. The number of carbonyl (C=O) groups is 1. The van der Waals surface area contributed by atoms with Crippen LogP contribution in [0.3, 0.4) is 0 Å². The highest BCUT2D eigenvalue weighted by Gasteiger charge is 2.16. The summed E-state index contributed by atoms with van der Waals surface area (Å²) in [4.78, 5) is 16.6. The van der Waals surface area contributed by atoms with E-state index in [4.69, 9.17) is 37.1 Å². The van der Waals surface area contributed by atoms with Crippen LogP contribution in [0.4, 0.5) is 5.13 Å². The van der Waals surface area contributed by atoms with Crippen LogP contribution in [0.2, 0.25) is 10.0 Å². The summed E-state index contributed by atoms with van der Waals surface area (Å²) in [5.74, 6) is 0.833. The van der Waals surface area contributed by atoms with Crippen molar-refractivity contribution in [2.75, 3.05) is 19.6 Å². The minimum Gasteiger partial charge on any atom is -0.497 e. The van der Waals surface area contributed by atoms with E-state index < -0.39 is 5.97 Å². The van der Waals surface area contributed by atoms with E-state index in [-0.39, 0.29) is 0 Å². The molecule has 4 aromatic rings. The van der Waals surface area contributed by atoms with Crippen LogP contribution in [0.15, 0.2) is 52.0 Å². The van der Waals surface area contributed by atoms with E-state index in [0.29, 0.717) is 47.8 Å². The molecule has 2 aromatic carbocycles. The topological polar surface area (TPSA) is 86.0 Å². The number of aromatic nitrogens is 1. The Morgan fingerprint density at radius 2 is 1.91 bits per heavy atom. The van der Waals surface area contributed by atoms with Gasteiger partial charge in [-0.2, -0.15) is 5.10 Å². The highest BCUT2D eigenvalue weighted by Crippen LogP contribution is 2.30. The first-order chi connectivity index (χ1) is 15.4. The van der Waals surface area contributed by atoms with Crippen LogP contribution < -0.4 is 15.5 Å². The number of ether oxygens (including phenoxy) is 2. The minimum absolute atomic E-state index is 0.359. The third-order valence-electron chi connectivity index (χ3n) is 4.58. The number of aryl methyl sites for hydroxylation is 1. The molecule has 2 aromatic heterocycles. The molecular formula is C22H17Cl2N3O4S. The zero-order chi connectivity index (χ0) is 22.8. The first-order valence-corrected chi connectivity index (χ1v) is 10.9. The molecule has 0 bridgehead atoms. The van der Waals surface area contributed by atoms with E-state index in [9.17, 15) is 4.79 Å². The molecule has 0 amide bonds. The fraction of sp³-hybridized carbons (Fsp3) is 0.136. The average molecular weight is 490 g/mol. The Balaban J connectivity index is 1.84. The number of anilines is 1. The summed E-state index contributed by atoms with van der Waals surface area (Å²) in [6.45, 7) is 1.73. The van der Waals surface area contributed by atoms with Crippen LogP contribution in [-0.4, -0.2) is 25.2 Å². The van der Waals surface area contributed by atoms with E-state index in [1.807, 2.05) is 24.3 Å². The molecule has 2 heterocycles. The van der Waals surface area contributed by atoms with Crippen molar-refractivity contribution in [1.29, 1.82) is 0 Å². The smallest absolute Gasteiger partial charge is 0.350 e. The summed E-state index contributed by atoms with van der Waals surface area (Å²) in [5.41, 5.74) is 4.71. The maximum atomic E-state index is 11.9. The second-order valence-corrected chi connectivity index (χ2v) is 8.48. The van der Waals surface area contributed by atoms with Crippen molar-refractivity contribution in [2.24, 2.45) is 5.10 Å². The summed E-state index contributed by atoms with van der Waals surface area (Å²) in [6, 6.07) is 12.5. The maximum absolute atomic E-state index is 11.9. The van der Waals surface area contributed by atoms with E-state index in [0.717, 1.165) is 22.6 Å². The van der Waals surface area contributed by atoms with Crippen LogP contribution in [0.5, 0.6) is 5.75 Å². The zero-order valence-electron chi connectivity index (χ0n) is 17.2. The molecule has 164 valence electrons. The van der Waals surface area contributed by atoms with Crippen LogP contribution in [0, 0.1) is 6.92 Å². The lowest BCUT2D eigenvalue weighted by Gasteiger charge is -2.08. The Bertz CT molecular complexity index is 1380. The Morgan fingerprint density at radius 1 is 1.16 bits per heavy atom. The molecule has 0 unspecified atom stereocenters. The highest BCUT2D eigenvalue weighted by molar-refractivity contribution is 7.17. The number of fused-ring (bicyclic) bond motifs is 1. The SMILES string of the molecule is COC(=O)c1sc(N/N=c2\cc(-c3ccc(OC)cc3)oc3c(Cl)cc(Cl)cc23)nc1C. The fourth-order valence-electron chi connectivity index (χ4n) is 3.02. The van der Waals surface area contributed by atoms with Gasteiger partial charge in [0.25, 0.3) is 0 Å². The van der Waals surface area contributed by atoms with E-state index in [1.54, 1.807) is 32.2 Å². The molecule has 0 atom stereocenters. The van der Waals surface area contributed by atoms with Gasteiger partial charge in [-0.25, -0.2) is 9.78 Å². The predicted molar refractivity (Wildman–Crippen MR) is 126 cm³/mol. The number of nitrogens with one attached hydrogen (secondary N) is 1. The van der Waals surface area contributed by atoms with Crippen LogP contribution in [-0.2, 0) is 4.74 Å². The number of hydrogen-bond donors (Lipinski definition) is 1. The Hall–Kier alpha value is -3.07. The molecule has 0 aliphatic heterocycles. The highest BCUT2D eigenvalue weighted by atomic mass is 35.5.